The van der Waals surface area contributed by atoms with Gasteiger partial charge in [-0.05, 0) is 0 Å². The zero-order chi connectivity index (χ0) is 12.2. The van der Waals surface area contributed by atoms with E-state index < -0.39 is 24.7 Å². The van der Waals surface area contributed by atoms with Gasteiger partial charge >= 0.3 is 76.4 Å². The Kier molecular flexibility index (Phi) is 17.0. The third-order valence-corrected chi connectivity index (χ3v) is 1.91. The Morgan fingerprint density at radius 3 is 1.00 bits per heavy atom. The Morgan fingerprint density at radius 2 is 1.00 bits per heavy atom. The third-order valence-electron chi connectivity index (χ3n) is 0.213. The van der Waals surface area contributed by atoms with Gasteiger partial charge in [-0.3, -0.25) is 0 Å². The zero-order valence-corrected chi connectivity index (χ0v) is 13.9. The van der Waals surface area contributed by atoms with Gasteiger partial charge in [0.05, 0.1) is 0 Å². The van der Waals surface area contributed by atoms with Crippen molar-refractivity contribution < 1.29 is 52.2 Å². The van der Waals surface area contributed by atoms with Crippen LogP contribution < -0.4 is 19.2 Å². The summed E-state index contributed by atoms with van der Waals surface area (Å²) < 4.78 is 22.2. The summed E-state index contributed by atoms with van der Waals surface area (Å²) in [6.07, 6.45) is 0. The number of hydrogen-bond donors (Lipinski definition) is 4. The molecule has 0 aliphatic rings. The summed E-state index contributed by atoms with van der Waals surface area (Å²) >= 11 is 0. The van der Waals surface area contributed by atoms with Crippen LogP contribution in [-0.4, -0.2) is 89.4 Å². The second kappa shape index (κ2) is 10.2. The first kappa shape index (κ1) is 26.8. The average Bonchev–Trinajstić information content (AvgIpc) is 1.42. The fourth-order valence-corrected chi connectivity index (χ4v) is 1.25. The largest absolute Gasteiger partial charge is 2.00 e. The van der Waals surface area contributed by atoms with Crippen LogP contribution in [0.1, 0.15) is 0 Å². The van der Waals surface area contributed by atoms with E-state index in [-0.39, 0.29) is 60.8 Å². The monoisotopic (exact) mass is 334 g/mol. The number of hydrogen-bond acceptors (Lipinski definition) is 7. The number of rotatable bonds is 2. The van der Waals surface area contributed by atoms with E-state index in [0.717, 1.165) is 0 Å². The minimum atomic E-state index is -5.61. The summed E-state index contributed by atoms with van der Waals surface area (Å²) in [4.78, 5) is 65.3. The zero-order valence-electron chi connectivity index (χ0n) is 7.46. The second-order valence-corrected chi connectivity index (χ2v) is 5.18. The molecule has 0 aromatic heterocycles. The Labute approximate surface area is 136 Å². The molecule has 0 aromatic carbocycles. The first-order valence-corrected chi connectivity index (χ1v) is 7.04. The first-order chi connectivity index (χ1) is 5.71. The molecule has 16 heteroatoms. The van der Waals surface area contributed by atoms with E-state index in [0.29, 0.717) is 0 Å². The Morgan fingerprint density at radius 1 is 0.875 bits per heavy atom. The van der Waals surface area contributed by atoms with Gasteiger partial charge in [-0.2, -0.15) is 4.31 Å². The van der Waals surface area contributed by atoms with Gasteiger partial charge in [-0.25, -0.2) is 9.13 Å². The molecule has 11 nitrogen and oxygen atoms in total. The molecule has 0 aromatic rings. The fraction of sp³-hybridized carbons (Fsp3) is 0. The molecule has 0 radical (unpaired) electrons. The fourth-order valence-electron chi connectivity index (χ4n) is 0.139. The van der Waals surface area contributed by atoms with Gasteiger partial charge in [0.15, 0.2) is 0 Å². The van der Waals surface area contributed by atoms with Crippen LogP contribution in [-0.2, 0) is 13.4 Å². The smallest absolute Gasteiger partial charge is 0.894 e. The third kappa shape index (κ3) is 55.3. The van der Waals surface area contributed by atoms with E-state index in [4.69, 9.17) is 38.8 Å². The molecule has 16 heavy (non-hydrogen) atoms. The van der Waals surface area contributed by atoms with Crippen molar-refractivity contribution >= 4 is 85.5 Å². The first-order valence-electron chi connectivity index (χ1n) is 2.35. The van der Waals surface area contributed by atoms with Gasteiger partial charge in [-0.15, -0.1) is 0 Å². The molecule has 0 amide bonds. The van der Waals surface area contributed by atoms with Crippen molar-refractivity contribution in [2.45, 2.75) is 0 Å². The summed E-state index contributed by atoms with van der Waals surface area (Å²) in [6, 6.07) is 0. The quantitative estimate of drug-likeness (QED) is 0.274. The molecule has 0 spiro atoms. The second-order valence-electron chi connectivity index (χ2n) is 1.56. The minimum Gasteiger partial charge on any atom is -0.894 e. The van der Waals surface area contributed by atoms with Crippen LogP contribution in [0, 0.1) is 0 Å². The molecule has 0 aliphatic heterocycles. The molecule has 0 rings (SSSR count). The Hall–Kier alpha value is 2.34. The molecule has 0 fully saturated rings. The standard InChI is InChI=1S/Ca.Mg.H4O7P2.O4Si/c;;1-8(2,3)7-9(4,5)6;1-5(2,3)4/h;;(H2,1,2,3)(H2,4,5,6);/q2*+2;;-4. The van der Waals surface area contributed by atoms with Crippen LogP contribution in [0.5, 0.6) is 0 Å². The summed E-state index contributed by atoms with van der Waals surface area (Å²) in [5.41, 5.74) is 0. The molecule has 0 saturated carbocycles. The van der Waals surface area contributed by atoms with Crippen LogP contribution in [0.25, 0.3) is 0 Å². The molecule has 0 atom stereocenters. The van der Waals surface area contributed by atoms with Crippen LogP contribution in [0.4, 0.5) is 0 Å². The van der Waals surface area contributed by atoms with Crippen LogP contribution >= 0.6 is 15.6 Å². The maximum Gasteiger partial charge on any atom is 2.00 e. The summed E-state index contributed by atoms with van der Waals surface area (Å²) in [6.45, 7) is 0. The normalized spacial score (nSPS) is 11.5. The molecular formula is H4CaMgO11P2Si. The SMILES string of the molecule is O=P(O)(O)OP(=O)(O)O.[Ca+2].[Mg+2].[O-][Si]([O-])([O-])[O-]. The topological polar surface area (TPSA) is 217 Å². The summed E-state index contributed by atoms with van der Waals surface area (Å²) in [5.74, 6) is 0. The predicted octanol–water partition coefficient (Wildman–Crippen LogP) is -6.71. The summed E-state index contributed by atoms with van der Waals surface area (Å²) in [5, 5.41) is 0. The van der Waals surface area contributed by atoms with E-state index in [1.165, 1.54) is 0 Å². The van der Waals surface area contributed by atoms with E-state index in [2.05, 4.69) is 4.31 Å². The van der Waals surface area contributed by atoms with Crippen molar-refractivity contribution in [1.29, 1.82) is 0 Å². The minimum absolute atomic E-state index is 0. The van der Waals surface area contributed by atoms with Crippen molar-refractivity contribution in [1.82, 2.24) is 0 Å². The summed E-state index contributed by atoms with van der Waals surface area (Å²) in [7, 11) is -15.7. The molecule has 0 saturated heterocycles. The van der Waals surface area contributed by atoms with Gasteiger partial charge in [0, 0.05) is 0 Å². The maximum atomic E-state index is 9.63. The number of phosphoric acid groups is 2. The van der Waals surface area contributed by atoms with E-state index >= 15 is 0 Å². The van der Waals surface area contributed by atoms with Gasteiger partial charge < -0.3 is 47.8 Å². The molecule has 0 aliphatic carbocycles. The molecule has 0 unspecified atom stereocenters. The van der Waals surface area contributed by atoms with Crippen LogP contribution in [0.15, 0.2) is 0 Å². The van der Waals surface area contributed by atoms with Gasteiger partial charge in [0.1, 0.15) is 0 Å². The van der Waals surface area contributed by atoms with E-state index in [9.17, 15) is 9.13 Å². The maximum absolute atomic E-state index is 9.63. The molecule has 88 valence electrons. The Bertz CT molecular complexity index is 221. The van der Waals surface area contributed by atoms with Gasteiger partial charge in [0.2, 0.25) is 0 Å². The van der Waals surface area contributed by atoms with E-state index in [1.54, 1.807) is 0 Å². The van der Waals surface area contributed by atoms with Crippen molar-refractivity contribution in [3.63, 3.8) is 0 Å². The van der Waals surface area contributed by atoms with Crippen LogP contribution in [0.3, 0.4) is 0 Å². The predicted molar refractivity (Wildman–Crippen MR) is 42.4 cm³/mol. The molecule has 0 heterocycles. The molecular weight excluding hydrogens is 330 g/mol. The Balaban J connectivity index is -0.0000000904. The van der Waals surface area contributed by atoms with Crippen molar-refractivity contribution in [2.75, 3.05) is 0 Å². The van der Waals surface area contributed by atoms with Crippen molar-refractivity contribution in [2.24, 2.45) is 0 Å². The van der Waals surface area contributed by atoms with E-state index in [1.807, 2.05) is 0 Å². The van der Waals surface area contributed by atoms with Crippen molar-refractivity contribution in [3.05, 3.63) is 0 Å². The van der Waals surface area contributed by atoms with Gasteiger partial charge in [0.25, 0.3) is 0 Å². The van der Waals surface area contributed by atoms with Crippen molar-refractivity contribution in [3.8, 4) is 0 Å². The van der Waals surface area contributed by atoms with Crippen LogP contribution in [0.2, 0.25) is 0 Å². The molecule has 0 bridgehead atoms. The van der Waals surface area contributed by atoms with Gasteiger partial charge in [-0.1, -0.05) is 0 Å². The molecule has 4 N–H and O–H groups in total. The average molecular weight is 334 g/mol.